The molecule has 1 N–H and O–H groups in total. The summed E-state index contributed by atoms with van der Waals surface area (Å²) in [5.41, 5.74) is 1.99. The topological polar surface area (TPSA) is 76.0 Å². The fourth-order valence-electron chi connectivity index (χ4n) is 3.25. The highest BCUT2D eigenvalue weighted by Gasteiger charge is 2.43. The molecular weight excluding hydrogens is 428 g/mol. The zero-order valence-corrected chi connectivity index (χ0v) is 15.0. The Hall–Kier alpha value is -1.61. The molecule has 0 spiro atoms. The minimum absolute atomic E-state index is 0.0864. The van der Waals surface area contributed by atoms with Crippen LogP contribution < -0.4 is 0 Å². The number of halogens is 2. The highest BCUT2D eigenvalue weighted by atomic mass is 127. The van der Waals surface area contributed by atoms with E-state index in [-0.39, 0.29) is 24.8 Å². The summed E-state index contributed by atoms with van der Waals surface area (Å²) >= 11 is 1.86. The standard InChI is InChI=1S/C17H15FINO4/c1-2-11-16(17(22)23)14(8-3-4-9(18)10(19)5-8)15-12(20-11)6-24-7-13(15)21/h3-5,14,16H,2,6-7H2,1H3,(H,22,23). The summed E-state index contributed by atoms with van der Waals surface area (Å²) < 4.78 is 19.3. The highest BCUT2D eigenvalue weighted by Crippen LogP contribution is 2.41. The van der Waals surface area contributed by atoms with Gasteiger partial charge in [-0.15, -0.1) is 0 Å². The van der Waals surface area contributed by atoms with Crippen LogP contribution in [-0.2, 0) is 14.3 Å². The first-order chi connectivity index (χ1) is 11.4. The number of carboxylic acids is 1. The van der Waals surface area contributed by atoms with E-state index in [1.165, 1.54) is 6.07 Å². The van der Waals surface area contributed by atoms with Crippen LogP contribution in [0, 0.1) is 15.3 Å². The first-order valence-electron chi connectivity index (χ1n) is 7.53. The molecule has 0 aromatic heterocycles. The van der Waals surface area contributed by atoms with E-state index >= 15 is 0 Å². The number of aliphatic imine (C=N–C) groups is 1. The van der Waals surface area contributed by atoms with Gasteiger partial charge < -0.3 is 9.84 Å². The Labute approximate surface area is 151 Å². The smallest absolute Gasteiger partial charge is 0.313 e. The summed E-state index contributed by atoms with van der Waals surface area (Å²) in [4.78, 5) is 28.7. The Morgan fingerprint density at radius 1 is 1.46 bits per heavy atom. The van der Waals surface area contributed by atoms with Crippen LogP contribution in [0.2, 0.25) is 0 Å². The third-order valence-corrected chi connectivity index (χ3v) is 5.12. The third kappa shape index (κ3) is 2.90. The van der Waals surface area contributed by atoms with Gasteiger partial charge in [-0.2, -0.15) is 0 Å². The number of aliphatic carboxylic acids is 1. The lowest BCUT2D eigenvalue weighted by molar-refractivity contribution is -0.140. The maximum Gasteiger partial charge on any atom is 0.313 e. The van der Waals surface area contributed by atoms with Crippen molar-refractivity contribution in [2.45, 2.75) is 19.3 Å². The lowest BCUT2D eigenvalue weighted by Gasteiger charge is -2.34. The molecule has 24 heavy (non-hydrogen) atoms. The van der Waals surface area contributed by atoms with Crippen molar-refractivity contribution >= 4 is 40.1 Å². The third-order valence-electron chi connectivity index (χ3n) is 4.30. The molecule has 7 heteroatoms. The number of carbonyl (C=O) groups is 2. The van der Waals surface area contributed by atoms with Crippen LogP contribution in [0.15, 0.2) is 34.5 Å². The summed E-state index contributed by atoms with van der Waals surface area (Å²) in [6.07, 6.45) is 0.455. The van der Waals surface area contributed by atoms with E-state index in [1.54, 1.807) is 12.1 Å². The molecule has 0 radical (unpaired) electrons. The molecular formula is C17H15FINO4. The van der Waals surface area contributed by atoms with Gasteiger partial charge in [-0.25, -0.2) is 4.39 Å². The first-order valence-corrected chi connectivity index (χ1v) is 8.61. The molecule has 1 aromatic rings. The molecule has 126 valence electrons. The van der Waals surface area contributed by atoms with Crippen molar-refractivity contribution in [2.75, 3.05) is 13.2 Å². The number of benzene rings is 1. The van der Waals surface area contributed by atoms with Crippen molar-refractivity contribution in [3.63, 3.8) is 0 Å². The second-order valence-corrected chi connectivity index (χ2v) is 6.86. The monoisotopic (exact) mass is 443 g/mol. The molecule has 2 aliphatic heterocycles. The summed E-state index contributed by atoms with van der Waals surface area (Å²) in [6, 6.07) is 4.45. The molecule has 5 nitrogen and oxygen atoms in total. The summed E-state index contributed by atoms with van der Waals surface area (Å²) in [5, 5.41) is 9.75. The van der Waals surface area contributed by atoms with Crippen molar-refractivity contribution in [1.29, 1.82) is 0 Å². The van der Waals surface area contributed by atoms with Crippen LogP contribution in [0.4, 0.5) is 4.39 Å². The van der Waals surface area contributed by atoms with Crippen LogP contribution >= 0.6 is 22.6 Å². The van der Waals surface area contributed by atoms with E-state index < -0.39 is 17.8 Å². The van der Waals surface area contributed by atoms with E-state index in [9.17, 15) is 19.1 Å². The van der Waals surface area contributed by atoms with Crippen LogP contribution in [0.1, 0.15) is 24.8 Å². The van der Waals surface area contributed by atoms with E-state index in [1.807, 2.05) is 29.5 Å². The van der Waals surface area contributed by atoms with Gasteiger partial charge in [0.05, 0.1) is 12.3 Å². The minimum Gasteiger partial charge on any atom is -0.481 e. The van der Waals surface area contributed by atoms with Gasteiger partial charge in [-0.1, -0.05) is 13.0 Å². The van der Waals surface area contributed by atoms with Gasteiger partial charge >= 0.3 is 5.97 Å². The van der Waals surface area contributed by atoms with E-state index in [0.29, 0.717) is 32.5 Å². The molecule has 2 atom stereocenters. The van der Waals surface area contributed by atoms with Crippen molar-refractivity contribution in [3.05, 3.63) is 44.4 Å². The molecule has 2 unspecified atom stereocenters. The number of carboxylic acid groups (broad SMARTS) is 1. The number of ketones is 1. The zero-order chi connectivity index (χ0) is 17.4. The lowest BCUT2D eigenvalue weighted by atomic mass is 9.73. The van der Waals surface area contributed by atoms with Crippen LogP contribution in [0.5, 0.6) is 0 Å². The fourth-order valence-corrected chi connectivity index (χ4v) is 3.79. The van der Waals surface area contributed by atoms with Crippen LogP contribution in [0.25, 0.3) is 0 Å². The molecule has 0 bridgehead atoms. The number of Topliss-reactive ketones (excluding diaryl/α,β-unsaturated/α-hetero) is 1. The number of nitrogens with zero attached hydrogens (tertiary/aromatic N) is 1. The number of carbonyl (C=O) groups excluding carboxylic acids is 1. The molecule has 3 rings (SSSR count). The van der Waals surface area contributed by atoms with E-state index in [4.69, 9.17) is 4.74 Å². The van der Waals surface area contributed by atoms with Crippen molar-refractivity contribution in [3.8, 4) is 0 Å². The van der Waals surface area contributed by atoms with Crippen molar-refractivity contribution in [1.82, 2.24) is 0 Å². The number of hydrogen-bond donors (Lipinski definition) is 1. The molecule has 0 fully saturated rings. The Kier molecular flexibility index (Phi) is 4.82. The Bertz CT molecular complexity index is 787. The molecule has 1 aromatic carbocycles. The number of rotatable bonds is 3. The second kappa shape index (κ2) is 6.72. The molecule has 0 saturated carbocycles. The second-order valence-electron chi connectivity index (χ2n) is 5.70. The van der Waals surface area contributed by atoms with Gasteiger partial charge in [0.1, 0.15) is 18.3 Å². The van der Waals surface area contributed by atoms with Crippen LogP contribution in [-0.4, -0.2) is 35.8 Å². The van der Waals surface area contributed by atoms with Gasteiger partial charge in [0, 0.05) is 20.8 Å². The predicted molar refractivity (Wildman–Crippen MR) is 93.6 cm³/mol. The number of ether oxygens (including phenoxy) is 1. The minimum atomic E-state index is -1.04. The van der Waals surface area contributed by atoms with Crippen molar-refractivity contribution in [2.24, 2.45) is 10.9 Å². The van der Waals surface area contributed by atoms with Crippen molar-refractivity contribution < 1.29 is 23.8 Å². The van der Waals surface area contributed by atoms with Gasteiger partial charge in [0.25, 0.3) is 0 Å². The van der Waals surface area contributed by atoms with E-state index in [0.717, 1.165) is 0 Å². The maximum atomic E-state index is 13.6. The Morgan fingerprint density at radius 3 is 2.83 bits per heavy atom. The molecule has 0 saturated heterocycles. The molecule has 0 aliphatic carbocycles. The average Bonchev–Trinajstić information content (AvgIpc) is 2.55. The maximum absolute atomic E-state index is 13.6. The fraction of sp³-hybridized carbons (Fsp3) is 0.353. The quantitative estimate of drug-likeness (QED) is 0.730. The predicted octanol–water partition coefficient (Wildman–Crippen LogP) is 2.93. The van der Waals surface area contributed by atoms with Crippen LogP contribution in [0.3, 0.4) is 0 Å². The average molecular weight is 443 g/mol. The zero-order valence-electron chi connectivity index (χ0n) is 12.9. The lowest BCUT2D eigenvalue weighted by Crippen LogP contribution is -2.39. The summed E-state index contributed by atoms with van der Waals surface area (Å²) in [7, 11) is 0. The molecule has 2 heterocycles. The number of hydrogen-bond acceptors (Lipinski definition) is 4. The normalized spacial score (nSPS) is 23.8. The highest BCUT2D eigenvalue weighted by molar-refractivity contribution is 14.1. The van der Waals surface area contributed by atoms with Gasteiger partial charge in [-0.05, 0) is 46.7 Å². The first kappa shape index (κ1) is 17.2. The summed E-state index contributed by atoms with van der Waals surface area (Å²) in [6.45, 7) is 1.93. The SMILES string of the molecule is CCC1=NC2=C(C(=O)COC2)C(c2ccc(F)c(I)c2)C1C(=O)O. The Balaban J connectivity index is 2.22. The largest absolute Gasteiger partial charge is 0.481 e. The van der Waals surface area contributed by atoms with E-state index in [2.05, 4.69) is 4.99 Å². The molecule has 0 amide bonds. The molecule has 2 aliphatic rings. The van der Waals surface area contributed by atoms with Gasteiger partial charge in [0.15, 0.2) is 5.78 Å². The van der Waals surface area contributed by atoms with Gasteiger partial charge in [0.2, 0.25) is 0 Å². The van der Waals surface area contributed by atoms with Gasteiger partial charge in [-0.3, -0.25) is 14.6 Å². The summed E-state index contributed by atoms with van der Waals surface area (Å²) in [5.74, 6) is -3.28. The Morgan fingerprint density at radius 2 is 2.21 bits per heavy atom.